The predicted molar refractivity (Wildman–Crippen MR) is 74.8 cm³/mol. The normalized spacial score (nSPS) is 10.1. The van der Waals surface area contributed by atoms with E-state index in [9.17, 15) is 9.59 Å². The lowest BCUT2D eigenvalue weighted by Gasteiger charge is -2.14. The molecule has 110 valence electrons. The number of nitrogens with one attached hydrogen (secondary N) is 2. The Balaban J connectivity index is 2.80. The molecule has 0 fully saturated rings. The number of hydrazine groups is 1. The largest absolute Gasteiger partial charge is 0.490 e. The second-order valence-electron chi connectivity index (χ2n) is 4.11. The van der Waals surface area contributed by atoms with E-state index in [4.69, 9.17) is 16.3 Å². The van der Waals surface area contributed by atoms with Crippen molar-refractivity contribution in [3.8, 4) is 5.75 Å². The van der Waals surface area contributed by atoms with Gasteiger partial charge in [-0.1, -0.05) is 11.6 Å². The zero-order valence-corrected chi connectivity index (χ0v) is 12.3. The van der Waals surface area contributed by atoms with Crippen molar-refractivity contribution in [3.63, 3.8) is 0 Å². The first kappa shape index (κ1) is 16.1. The molecule has 0 aliphatic rings. The molecular weight excluding hydrogens is 284 g/mol. The predicted octanol–water partition coefficient (Wildman–Crippen LogP) is 2.52. The van der Waals surface area contributed by atoms with Crippen molar-refractivity contribution in [2.45, 2.75) is 26.9 Å². The number of hydrogen-bond donors (Lipinski definition) is 2. The minimum atomic E-state index is -0.741. The molecule has 1 aromatic rings. The molecule has 2 N–H and O–H groups in total. The highest BCUT2D eigenvalue weighted by atomic mass is 35.5. The molecule has 0 unspecified atom stereocenters. The van der Waals surface area contributed by atoms with Crippen LogP contribution in [0.3, 0.4) is 0 Å². The summed E-state index contributed by atoms with van der Waals surface area (Å²) in [6.07, 6.45) is -0.838. The molecule has 0 spiro atoms. The van der Waals surface area contributed by atoms with Gasteiger partial charge in [0.1, 0.15) is 5.75 Å². The number of carbonyl (C=O) groups excluding carboxylic acids is 2. The number of benzene rings is 1. The molecule has 0 aliphatic heterocycles. The second kappa shape index (κ2) is 7.59. The van der Waals surface area contributed by atoms with Crippen LogP contribution in [0.5, 0.6) is 5.75 Å². The van der Waals surface area contributed by atoms with Crippen molar-refractivity contribution < 1.29 is 19.1 Å². The van der Waals surface area contributed by atoms with Gasteiger partial charge in [-0.25, -0.2) is 10.2 Å². The zero-order chi connectivity index (χ0) is 15.1. The third kappa shape index (κ3) is 4.97. The van der Waals surface area contributed by atoms with Crippen LogP contribution in [0.1, 0.15) is 31.1 Å². The van der Waals surface area contributed by atoms with E-state index < -0.39 is 12.0 Å². The van der Waals surface area contributed by atoms with Crippen LogP contribution in [0.15, 0.2) is 18.2 Å². The summed E-state index contributed by atoms with van der Waals surface area (Å²) in [6, 6.07) is 4.68. The van der Waals surface area contributed by atoms with Crippen LogP contribution < -0.4 is 15.6 Å². The number of carbonyl (C=O) groups is 2. The Morgan fingerprint density at radius 3 is 2.60 bits per heavy atom. The maximum atomic E-state index is 12.0. The fraction of sp³-hybridized carbons (Fsp3) is 0.385. The quantitative estimate of drug-likeness (QED) is 0.838. The maximum Gasteiger partial charge on any atom is 0.426 e. The molecule has 0 atom stereocenters. The standard InChI is InChI=1S/C13H17ClN2O4/c1-4-19-13(18)16-15-12(17)10-7-9(14)5-6-11(10)20-8(2)3/h5-8H,4H2,1-3H3,(H,15,17)(H,16,18). The monoisotopic (exact) mass is 300 g/mol. The summed E-state index contributed by atoms with van der Waals surface area (Å²) in [7, 11) is 0. The summed E-state index contributed by atoms with van der Waals surface area (Å²) in [5.41, 5.74) is 4.57. The molecule has 1 aromatic carbocycles. The van der Waals surface area contributed by atoms with Gasteiger partial charge < -0.3 is 9.47 Å². The van der Waals surface area contributed by atoms with Crippen molar-refractivity contribution in [1.29, 1.82) is 0 Å². The van der Waals surface area contributed by atoms with Gasteiger partial charge in [-0.2, -0.15) is 0 Å². The van der Waals surface area contributed by atoms with E-state index in [0.717, 1.165) is 0 Å². The molecule has 0 bridgehead atoms. The van der Waals surface area contributed by atoms with E-state index in [0.29, 0.717) is 10.8 Å². The van der Waals surface area contributed by atoms with Gasteiger partial charge in [0.05, 0.1) is 18.3 Å². The molecule has 0 heterocycles. The van der Waals surface area contributed by atoms with Gasteiger partial charge in [0, 0.05) is 5.02 Å². The minimum absolute atomic E-state index is 0.0965. The van der Waals surface area contributed by atoms with Crippen LogP contribution in [-0.2, 0) is 4.74 Å². The summed E-state index contributed by atoms with van der Waals surface area (Å²) in [6.45, 7) is 5.55. The van der Waals surface area contributed by atoms with Crippen molar-refractivity contribution in [1.82, 2.24) is 10.9 Å². The van der Waals surface area contributed by atoms with Gasteiger partial charge in [0.2, 0.25) is 0 Å². The molecule has 0 radical (unpaired) electrons. The van der Waals surface area contributed by atoms with E-state index in [-0.39, 0.29) is 18.3 Å². The van der Waals surface area contributed by atoms with E-state index in [1.807, 2.05) is 13.8 Å². The first-order valence-electron chi connectivity index (χ1n) is 6.13. The van der Waals surface area contributed by atoms with Crippen molar-refractivity contribution >= 4 is 23.6 Å². The zero-order valence-electron chi connectivity index (χ0n) is 11.5. The summed E-state index contributed by atoms with van der Waals surface area (Å²) in [5.74, 6) is -0.163. The highest BCUT2D eigenvalue weighted by Crippen LogP contribution is 2.23. The Morgan fingerprint density at radius 2 is 2.00 bits per heavy atom. The van der Waals surface area contributed by atoms with Crippen LogP contribution in [0.2, 0.25) is 5.02 Å². The topological polar surface area (TPSA) is 76.7 Å². The van der Waals surface area contributed by atoms with Crippen LogP contribution in [0.4, 0.5) is 4.79 Å². The highest BCUT2D eigenvalue weighted by molar-refractivity contribution is 6.31. The molecule has 0 aliphatic carbocycles. The fourth-order valence-corrected chi connectivity index (χ4v) is 1.55. The van der Waals surface area contributed by atoms with Crippen LogP contribution in [0.25, 0.3) is 0 Å². The average molecular weight is 301 g/mol. The Labute approximate surface area is 122 Å². The smallest absolute Gasteiger partial charge is 0.426 e. The van der Waals surface area contributed by atoms with Crippen molar-refractivity contribution in [2.75, 3.05) is 6.61 Å². The Kier molecular flexibility index (Phi) is 6.11. The number of ether oxygens (including phenoxy) is 2. The number of amides is 2. The molecule has 20 heavy (non-hydrogen) atoms. The lowest BCUT2D eigenvalue weighted by molar-refractivity contribution is 0.0907. The van der Waals surface area contributed by atoms with E-state index in [1.54, 1.807) is 19.1 Å². The van der Waals surface area contributed by atoms with Gasteiger partial charge in [-0.05, 0) is 39.0 Å². The van der Waals surface area contributed by atoms with Crippen LogP contribution >= 0.6 is 11.6 Å². The third-order valence-corrected chi connectivity index (χ3v) is 2.34. The van der Waals surface area contributed by atoms with Crippen molar-refractivity contribution in [2.24, 2.45) is 0 Å². The van der Waals surface area contributed by atoms with Gasteiger partial charge in [-0.15, -0.1) is 0 Å². The summed E-state index contributed by atoms with van der Waals surface area (Å²) < 4.78 is 10.1. The molecule has 0 saturated heterocycles. The number of rotatable bonds is 4. The Morgan fingerprint density at radius 1 is 1.30 bits per heavy atom. The van der Waals surface area contributed by atoms with Crippen LogP contribution in [0, 0.1) is 0 Å². The van der Waals surface area contributed by atoms with Gasteiger partial charge >= 0.3 is 6.09 Å². The Bertz CT molecular complexity index is 491. The van der Waals surface area contributed by atoms with E-state index in [1.165, 1.54) is 6.07 Å². The number of hydrogen-bond acceptors (Lipinski definition) is 4. The van der Waals surface area contributed by atoms with Gasteiger partial charge in [0.15, 0.2) is 0 Å². The number of halogens is 1. The molecule has 1 rings (SSSR count). The Hall–Kier alpha value is -1.95. The molecule has 2 amide bonds. The van der Waals surface area contributed by atoms with E-state index >= 15 is 0 Å². The van der Waals surface area contributed by atoms with Gasteiger partial charge in [0.25, 0.3) is 5.91 Å². The third-order valence-electron chi connectivity index (χ3n) is 2.10. The second-order valence-corrected chi connectivity index (χ2v) is 4.54. The summed E-state index contributed by atoms with van der Waals surface area (Å²) in [4.78, 5) is 23.1. The maximum absolute atomic E-state index is 12.0. The summed E-state index contributed by atoms with van der Waals surface area (Å²) in [5, 5.41) is 0.391. The molecular formula is C13H17ClN2O4. The molecule has 0 saturated carbocycles. The first-order chi connectivity index (χ1) is 9.43. The molecule has 7 heteroatoms. The fourth-order valence-electron chi connectivity index (χ4n) is 1.38. The molecule has 0 aromatic heterocycles. The van der Waals surface area contributed by atoms with E-state index in [2.05, 4.69) is 15.6 Å². The van der Waals surface area contributed by atoms with Crippen LogP contribution in [-0.4, -0.2) is 24.7 Å². The lowest BCUT2D eigenvalue weighted by atomic mass is 10.2. The van der Waals surface area contributed by atoms with Gasteiger partial charge in [-0.3, -0.25) is 10.2 Å². The summed E-state index contributed by atoms with van der Waals surface area (Å²) >= 11 is 5.86. The average Bonchev–Trinajstić information content (AvgIpc) is 2.38. The van der Waals surface area contributed by atoms with Crippen molar-refractivity contribution in [3.05, 3.63) is 28.8 Å². The SMILES string of the molecule is CCOC(=O)NNC(=O)c1cc(Cl)ccc1OC(C)C. The lowest BCUT2D eigenvalue weighted by Crippen LogP contribution is -2.42. The first-order valence-corrected chi connectivity index (χ1v) is 6.51. The minimum Gasteiger partial charge on any atom is -0.490 e. The highest BCUT2D eigenvalue weighted by Gasteiger charge is 2.15. The molecule has 6 nitrogen and oxygen atoms in total.